The number of hydrogen-bond donors (Lipinski definition) is 2. The normalized spacial score (nSPS) is 18.2. The Morgan fingerprint density at radius 3 is 2.79 bits per heavy atom. The fourth-order valence-electron chi connectivity index (χ4n) is 2.99. The molecule has 1 aliphatic rings. The van der Waals surface area contributed by atoms with E-state index >= 15 is 0 Å². The molecule has 3 nitrogen and oxygen atoms in total. The number of thiocarbonyl (C=S) groups is 1. The number of rotatable bonds is 2. The topological polar surface area (TPSA) is 33.3 Å². The van der Waals surface area contributed by atoms with Crippen LogP contribution in [0.5, 0.6) is 5.75 Å². The number of benzene rings is 2. The summed E-state index contributed by atoms with van der Waals surface area (Å²) in [6.07, 6.45) is 0.834. The lowest BCUT2D eigenvalue weighted by Crippen LogP contribution is -2.42. The molecular formula is C19H21ClN2OS. The minimum atomic E-state index is -0.244. The molecule has 0 aliphatic carbocycles. The van der Waals surface area contributed by atoms with Crippen molar-refractivity contribution in [3.63, 3.8) is 0 Å². The Bertz CT molecular complexity index is 776. The van der Waals surface area contributed by atoms with Gasteiger partial charge in [-0.3, -0.25) is 0 Å². The average Bonchev–Trinajstić information content (AvgIpc) is 2.47. The molecule has 126 valence electrons. The van der Waals surface area contributed by atoms with Crippen LogP contribution in [-0.2, 0) is 0 Å². The summed E-state index contributed by atoms with van der Waals surface area (Å²) in [5.74, 6) is 0.917. The highest BCUT2D eigenvalue weighted by Gasteiger charge is 2.34. The first-order valence-corrected chi connectivity index (χ1v) is 8.74. The number of halogens is 1. The van der Waals surface area contributed by atoms with Crippen LogP contribution in [0.4, 0.5) is 5.69 Å². The molecule has 1 atom stereocenters. The zero-order valence-corrected chi connectivity index (χ0v) is 15.6. The molecule has 0 radical (unpaired) electrons. The summed E-state index contributed by atoms with van der Waals surface area (Å²) in [5.41, 5.74) is 2.98. The summed E-state index contributed by atoms with van der Waals surface area (Å²) in [6, 6.07) is 13.9. The van der Waals surface area contributed by atoms with Crippen molar-refractivity contribution in [2.45, 2.75) is 38.8 Å². The number of aryl methyl sites for hydroxylation is 1. The number of fused-ring (bicyclic) bond motifs is 1. The molecule has 0 bridgehead atoms. The van der Waals surface area contributed by atoms with Crippen LogP contribution in [0, 0.1) is 6.92 Å². The zero-order chi connectivity index (χ0) is 17.3. The van der Waals surface area contributed by atoms with Gasteiger partial charge in [-0.15, -0.1) is 0 Å². The molecule has 3 rings (SSSR count). The van der Waals surface area contributed by atoms with Crippen LogP contribution in [0.1, 0.15) is 37.4 Å². The van der Waals surface area contributed by atoms with Gasteiger partial charge in [-0.25, -0.2) is 0 Å². The molecule has 0 saturated carbocycles. The van der Waals surface area contributed by atoms with E-state index in [0.717, 1.165) is 23.4 Å². The maximum atomic E-state index is 6.10. The van der Waals surface area contributed by atoms with E-state index in [4.69, 9.17) is 28.6 Å². The van der Waals surface area contributed by atoms with Crippen molar-refractivity contribution in [1.82, 2.24) is 5.32 Å². The van der Waals surface area contributed by atoms with Gasteiger partial charge in [0.2, 0.25) is 0 Å². The van der Waals surface area contributed by atoms with Gasteiger partial charge in [0.05, 0.1) is 6.04 Å². The lowest BCUT2D eigenvalue weighted by molar-refractivity contribution is 0.0696. The molecule has 1 aliphatic heterocycles. The first kappa shape index (κ1) is 17.1. The van der Waals surface area contributed by atoms with Gasteiger partial charge in [-0.1, -0.05) is 35.4 Å². The molecule has 0 saturated heterocycles. The summed E-state index contributed by atoms with van der Waals surface area (Å²) >= 11 is 11.5. The van der Waals surface area contributed by atoms with E-state index in [9.17, 15) is 0 Å². The number of nitrogens with one attached hydrogen (secondary N) is 2. The third kappa shape index (κ3) is 4.00. The van der Waals surface area contributed by atoms with Gasteiger partial charge in [0.25, 0.3) is 0 Å². The highest BCUT2D eigenvalue weighted by Crippen LogP contribution is 2.39. The predicted octanol–water partition coefficient (Wildman–Crippen LogP) is 5.24. The molecule has 0 unspecified atom stereocenters. The standard InChI is InChI=1S/C19H21ClN2OS/c1-12-7-8-17-15(9-12)16(11-19(2,3)23-17)22-18(24)21-14-6-4-5-13(20)10-14/h4-10,16H,11H2,1-3H3,(H2,21,22,24)/t16-/m0/s1. The Morgan fingerprint density at radius 2 is 2.04 bits per heavy atom. The number of anilines is 1. The van der Waals surface area contributed by atoms with Crippen molar-refractivity contribution in [1.29, 1.82) is 0 Å². The Balaban J connectivity index is 1.79. The fraction of sp³-hybridized carbons (Fsp3) is 0.316. The average molecular weight is 361 g/mol. The van der Waals surface area contributed by atoms with Gasteiger partial charge < -0.3 is 15.4 Å². The minimum Gasteiger partial charge on any atom is -0.487 e. The summed E-state index contributed by atoms with van der Waals surface area (Å²) < 4.78 is 6.10. The van der Waals surface area contributed by atoms with Crippen LogP contribution in [0.15, 0.2) is 42.5 Å². The second kappa shape index (κ2) is 6.61. The van der Waals surface area contributed by atoms with Gasteiger partial charge in [0, 0.05) is 22.7 Å². The molecule has 2 aromatic carbocycles. The fourth-order valence-corrected chi connectivity index (χ4v) is 3.44. The summed E-state index contributed by atoms with van der Waals surface area (Å²) in [7, 11) is 0. The van der Waals surface area contributed by atoms with Crippen LogP contribution < -0.4 is 15.4 Å². The lowest BCUT2D eigenvalue weighted by atomic mass is 9.89. The van der Waals surface area contributed by atoms with E-state index in [1.807, 2.05) is 30.3 Å². The van der Waals surface area contributed by atoms with Gasteiger partial charge in [0.1, 0.15) is 11.4 Å². The van der Waals surface area contributed by atoms with Crippen LogP contribution >= 0.6 is 23.8 Å². The highest BCUT2D eigenvalue weighted by molar-refractivity contribution is 7.80. The van der Waals surface area contributed by atoms with Crippen molar-refractivity contribution in [2.24, 2.45) is 0 Å². The highest BCUT2D eigenvalue weighted by atomic mass is 35.5. The van der Waals surface area contributed by atoms with E-state index < -0.39 is 0 Å². The smallest absolute Gasteiger partial charge is 0.171 e. The molecule has 0 fully saturated rings. The van der Waals surface area contributed by atoms with Gasteiger partial charge in [-0.05, 0) is 57.3 Å². The van der Waals surface area contributed by atoms with Crippen molar-refractivity contribution >= 4 is 34.6 Å². The van der Waals surface area contributed by atoms with E-state index in [2.05, 4.69) is 43.5 Å². The van der Waals surface area contributed by atoms with Crippen molar-refractivity contribution in [3.05, 3.63) is 58.6 Å². The maximum absolute atomic E-state index is 6.10. The molecule has 0 amide bonds. The van der Waals surface area contributed by atoms with E-state index in [1.54, 1.807) is 0 Å². The number of hydrogen-bond acceptors (Lipinski definition) is 2. The SMILES string of the molecule is Cc1ccc2c(c1)[C@@H](NC(=S)Nc1cccc(Cl)c1)CC(C)(C)O2. The Kier molecular flexibility index (Phi) is 4.70. The van der Waals surface area contributed by atoms with Gasteiger partial charge >= 0.3 is 0 Å². The maximum Gasteiger partial charge on any atom is 0.171 e. The molecular weight excluding hydrogens is 340 g/mol. The van der Waals surface area contributed by atoms with E-state index in [0.29, 0.717) is 10.1 Å². The quantitative estimate of drug-likeness (QED) is 0.718. The molecule has 5 heteroatoms. The van der Waals surface area contributed by atoms with E-state index in [1.165, 1.54) is 5.56 Å². The predicted molar refractivity (Wildman–Crippen MR) is 104 cm³/mol. The van der Waals surface area contributed by atoms with Crippen molar-refractivity contribution < 1.29 is 4.74 Å². The number of ether oxygens (including phenoxy) is 1. The van der Waals surface area contributed by atoms with Gasteiger partial charge in [0.15, 0.2) is 5.11 Å². The van der Waals surface area contributed by atoms with Crippen molar-refractivity contribution in [2.75, 3.05) is 5.32 Å². The molecule has 1 heterocycles. The molecule has 2 N–H and O–H groups in total. The van der Waals surface area contributed by atoms with Crippen molar-refractivity contribution in [3.8, 4) is 5.75 Å². The third-order valence-corrected chi connectivity index (χ3v) is 4.47. The molecule has 24 heavy (non-hydrogen) atoms. The van der Waals surface area contributed by atoms with E-state index in [-0.39, 0.29) is 11.6 Å². The second-order valence-electron chi connectivity index (χ2n) is 6.77. The molecule has 0 spiro atoms. The Hall–Kier alpha value is -1.78. The van der Waals surface area contributed by atoms with Crippen LogP contribution in [0.2, 0.25) is 5.02 Å². The first-order chi connectivity index (χ1) is 11.3. The van der Waals surface area contributed by atoms with Crippen LogP contribution in [0.3, 0.4) is 0 Å². The Morgan fingerprint density at radius 1 is 1.25 bits per heavy atom. The molecule has 0 aromatic heterocycles. The lowest BCUT2D eigenvalue weighted by Gasteiger charge is -2.38. The van der Waals surface area contributed by atoms with Crippen LogP contribution in [0.25, 0.3) is 0 Å². The Labute approximate surface area is 153 Å². The third-order valence-electron chi connectivity index (χ3n) is 4.01. The minimum absolute atomic E-state index is 0.0998. The monoisotopic (exact) mass is 360 g/mol. The second-order valence-corrected chi connectivity index (χ2v) is 7.61. The molecule has 2 aromatic rings. The largest absolute Gasteiger partial charge is 0.487 e. The first-order valence-electron chi connectivity index (χ1n) is 7.95. The summed E-state index contributed by atoms with van der Waals surface area (Å²) in [5, 5.41) is 7.87. The summed E-state index contributed by atoms with van der Waals surface area (Å²) in [6.45, 7) is 6.27. The van der Waals surface area contributed by atoms with Gasteiger partial charge in [-0.2, -0.15) is 0 Å². The zero-order valence-electron chi connectivity index (χ0n) is 14.0. The van der Waals surface area contributed by atoms with Crippen LogP contribution in [-0.4, -0.2) is 10.7 Å². The summed E-state index contributed by atoms with van der Waals surface area (Å²) in [4.78, 5) is 0.